The molecule has 0 saturated heterocycles. The minimum absolute atomic E-state index is 0.0787. The fourth-order valence-electron chi connectivity index (χ4n) is 2.13. The van der Waals surface area contributed by atoms with E-state index in [9.17, 15) is 14.4 Å². The molecule has 0 aliphatic rings. The first-order chi connectivity index (χ1) is 11.0. The van der Waals surface area contributed by atoms with Crippen molar-refractivity contribution >= 4 is 17.8 Å². The molecule has 0 rings (SSSR count). The first-order valence-electron chi connectivity index (χ1n) is 8.19. The van der Waals surface area contributed by atoms with Gasteiger partial charge in [0, 0.05) is 12.5 Å². The lowest BCUT2D eigenvalue weighted by Gasteiger charge is -2.28. The topological polar surface area (TPSA) is 116 Å². The molecular formula is C17H31N3O4. The maximum absolute atomic E-state index is 12.3. The molecule has 0 radical (unpaired) electrons. The summed E-state index contributed by atoms with van der Waals surface area (Å²) < 4.78 is 5.25. The van der Waals surface area contributed by atoms with Crippen molar-refractivity contribution in [2.45, 2.75) is 58.6 Å². The molecule has 0 aromatic carbocycles. The van der Waals surface area contributed by atoms with E-state index in [0.717, 1.165) is 17.4 Å². The molecule has 1 unspecified atom stereocenters. The van der Waals surface area contributed by atoms with Gasteiger partial charge in [0.05, 0.1) is 6.04 Å². The van der Waals surface area contributed by atoms with Crippen LogP contribution in [0.1, 0.15) is 47.0 Å². The minimum Gasteiger partial charge on any atom is -0.443 e. The summed E-state index contributed by atoms with van der Waals surface area (Å²) in [5.41, 5.74) is 10.4. The molecule has 7 heteroatoms. The number of nitrogens with zero attached hydrogens (tertiary/aromatic N) is 1. The van der Waals surface area contributed by atoms with Gasteiger partial charge >= 0.3 is 6.09 Å². The number of carbonyl (C=O) groups excluding carboxylic acids is 3. The maximum Gasteiger partial charge on any atom is 0.417 e. The van der Waals surface area contributed by atoms with Crippen molar-refractivity contribution in [3.63, 3.8) is 0 Å². The van der Waals surface area contributed by atoms with E-state index in [1.807, 2.05) is 0 Å². The molecular weight excluding hydrogens is 310 g/mol. The van der Waals surface area contributed by atoms with Crippen molar-refractivity contribution in [3.8, 4) is 0 Å². The first kappa shape index (κ1) is 22.3. The first-order valence-corrected chi connectivity index (χ1v) is 8.19. The standard InChI is InChI=1S/C17H31N3O4/c1-6-14(21)20(16(23)24-17(3,4)5)11-13(9-7-8-10-18)15(22)12(2)19/h6,12-13H,1,7-11,18-19H2,2-5H3/t12-,13?/m0/s1. The van der Waals surface area contributed by atoms with E-state index in [0.29, 0.717) is 19.4 Å². The second-order valence-corrected chi connectivity index (χ2v) is 6.81. The van der Waals surface area contributed by atoms with Crippen LogP contribution in [-0.2, 0) is 14.3 Å². The molecule has 2 amide bonds. The second-order valence-electron chi connectivity index (χ2n) is 6.81. The van der Waals surface area contributed by atoms with E-state index in [-0.39, 0.29) is 12.3 Å². The fourth-order valence-corrected chi connectivity index (χ4v) is 2.13. The molecule has 0 aromatic heterocycles. The van der Waals surface area contributed by atoms with Gasteiger partial charge in [0.25, 0.3) is 5.91 Å². The van der Waals surface area contributed by atoms with Gasteiger partial charge in [-0.25, -0.2) is 9.69 Å². The van der Waals surface area contributed by atoms with E-state index in [1.54, 1.807) is 27.7 Å². The highest BCUT2D eigenvalue weighted by Crippen LogP contribution is 2.17. The number of carbonyl (C=O) groups is 3. The Hall–Kier alpha value is -1.73. The monoisotopic (exact) mass is 341 g/mol. The number of Topliss-reactive ketones (excluding diaryl/α,β-unsaturated/α-hetero) is 1. The zero-order valence-electron chi connectivity index (χ0n) is 15.2. The molecule has 0 fully saturated rings. The van der Waals surface area contributed by atoms with Crippen molar-refractivity contribution in [1.29, 1.82) is 0 Å². The Balaban J connectivity index is 5.27. The summed E-state index contributed by atoms with van der Waals surface area (Å²) in [6.45, 7) is 10.5. The third-order valence-electron chi connectivity index (χ3n) is 3.32. The summed E-state index contributed by atoms with van der Waals surface area (Å²) in [5, 5.41) is 0. The van der Waals surface area contributed by atoms with E-state index in [2.05, 4.69) is 6.58 Å². The quantitative estimate of drug-likeness (QED) is 0.486. The van der Waals surface area contributed by atoms with Crippen molar-refractivity contribution < 1.29 is 19.1 Å². The highest BCUT2D eigenvalue weighted by molar-refractivity contribution is 5.99. The van der Waals surface area contributed by atoms with Crippen molar-refractivity contribution in [2.75, 3.05) is 13.1 Å². The number of imide groups is 1. The number of amides is 2. The zero-order valence-corrected chi connectivity index (χ0v) is 15.2. The number of hydrogen-bond acceptors (Lipinski definition) is 6. The van der Waals surface area contributed by atoms with Crippen LogP contribution in [0.3, 0.4) is 0 Å². The van der Waals surface area contributed by atoms with Crippen LogP contribution < -0.4 is 11.5 Å². The number of unbranched alkanes of at least 4 members (excludes halogenated alkanes) is 1. The van der Waals surface area contributed by atoms with Crippen molar-refractivity contribution in [3.05, 3.63) is 12.7 Å². The van der Waals surface area contributed by atoms with Crippen LogP contribution in [0.4, 0.5) is 4.79 Å². The average molecular weight is 341 g/mol. The van der Waals surface area contributed by atoms with E-state index in [1.165, 1.54) is 0 Å². The molecule has 2 atom stereocenters. The Morgan fingerprint density at radius 2 is 1.83 bits per heavy atom. The summed E-state index contributed by atoms with van der Waals surface area (Å²) in [7, 11) is 0. The third kappa shape index (κ3) is 8.21. The summed E-state index contributed by atoms with van der Waals surface area (Å²) in [6.07, 6.45) is 2.20. The molecule has 0 aliphatic heterocycles. The van der Waals surface area contributed by atoms with Crippen LogP contribution in [0.25, 0.3) is 0 Å². The largest absolute Gasteiger partial charge is 0.443 e. The van der Waals surface area contributed by atoms with Crippen molar-refractivity contribution in [1.82, 2.24) is 4.90 Å². The summed E-state index contributed by atoms with van der Waals surface area (Å²) in [4.78, 5) is 37.6. The lowest BCUT2D eigenvalue weighted by molar-refractivity contribution is -0.128. The SMILES string of the molecule is C=CC(=O)N(CC(CCCCN)C(=O)[C@H](C)N)C(=O)OC(C)(C)C. The molecule has 0 aliphatic carbocycles. The van der Waals surface area contributed by atoms with Crippen LogP contribution >= 0.6 is 0 Å². The summed E-state index contributed by atoms with van der Waals surface area (Å²) in [5.74, 6) is -1.35. The number of nitrogens with two attached hydrogens (primary N) is 2. The smallest absolute Gasteiger partial charge is 0.417 e. The molecule has 0 bridgehead atoms. The van der Waals surface area contributed by atoms with Gasteiger partial charge in [-0.3, -0.25) is 9.59 Å². The van der Waals surface area contributed by atoms with Gasteiger partial charge in [-0.1, -0.05) is 13.0 Å². The molecule has 0 heterocycles. The number of rotatable bonds is 9. The maximum atomic E-state index is 12.3. The van der Waals surface area contributed by atoms with Crippen LogP contribution in [0, 0.1) is 5.92 Å². The Labute approximate surface area is 144 Å². The van der Waals surface area contributed by atoms with Crippen LogP contribution in [0.2, 0.25) is 0 Å². The highest BCUT2D eigenvalue weighted by Gasteiger charge is 2.31. The molecule has 7 nitrogen and oxygen atoms in total. The van der Waals surface area contributed by atoms with Crippen LogP contribution in [0.15, 0.2) is 12.7 Å². The predicted octanol–water partition coefficient (Wildman–Crippen LogP) is 1.60. The number of hydrogen-bond donors (Lipinski definition) is 2. The van der Waals surface area contributed by atoms with Crippen LogP contribution in [-0.4, -0.2) is 47.4 Å². The van der Waals surface area contributed by atoms with Gasteiger partial charge in [0.1, 0.15) is 5.60 Å². The van der Waals surface area contributed by atoms with Gasteiger partial charge in [-0.05, 0) is 53.2 Å². The lowest BCUT2D eigenvalue weighted by atomic mass is 9.93. The van der Waals surface area contributed by atoms with Gasteiger partial charge < -0.3 is 16.2 Å². The molecule has 0 aromatic rings. The second kappa shape index (κ2) is 10.2. The number of ketones is 1. The normalized spacial score (nSPS) is 13.8. The Bertz CT molecular complexity index is 455. The van der Waals surface area contributed by atoms with Gasteiger partial charge in [0.2, 0.25) is 0 Å². The van der Waals surface area contributed by atoms with E-state index >= 15 is 0 Å². The lowest BCUT2D eigenvalue weighted by Crippen LogP contribution is -2.46. The predicted molar refractivity (Wildman–Crippen MR) is 93.2 cm³/mol. The minimum atomic E-state index is -0.798. The zero-order chi connectivity index (χ0) is 18.9. The molecule has 4 N–H and O–H groups in total. The Kier molecular flexibility index (Phi) is 9.47. The molecule has 138 valence electrons. The van der Waals surface area contributed by atoms with Gasteiger partial charge in [-0.2, -0.15) is 0 Å². The molecule has 24 heavy (non-hydrogen) atoms. The molecule has 0 spiro atoms. The number of ether oxygens (including phenoxy) is 1. The van der Waals surface area contributed by atoms with Gasteiger partial charge in [0.15, 0.2) is 5.78 Å². The summed E-state index contributed by atoms with van der Waals surface area (Å²) in [6, 6.07) is -0.674. The fraction of sp³-hybridized carbons (Fsp3) is 0.706. The van der Waals surface area contributed by atoms with E-state index < -0.39 is 29.6 Å². The van der Waals surface area contributed by atoms with Gasteiger partial charge in [-0.15, -0.1) is 0 Å². The van der Waals surface area contributed by atoms with E-state index in [4.69, 9.17) is 16.2 Å². The average Bonchev–Trinajstić information content (AvgIpc) is 2.47. The Morgan fingerprint density at radius 1 is 1.25 bits per heavy atom. The highest BCUT2D eigenvalue weighted by atomic mass is 16.6. The Morgan fingerprint density at radius 3 is 2.25 bits per heavy atom. The summed E-state index contributed by atoms with van der Waals surface area (Å²) >= 11 is 0. The van der Waals surface area contributed by atoms with Crippen molar-refractivity contribution in [2.24, 2.45) is 17.4 Å². The third-order valence-corrected chi connectivity index (χ3v) is 3.32. The van der Waals surface area contributed by atoms with Crippen LogP contribution in [0.5, 0.6) is 0 Å². The molecule has 0 saturated carbocycles.